The molecule has 27 heavy (non-hydrogen) atoms. The minimum atomic E-state index is -2.98. The van der Waals surface area contributed by atoms with Crippen LogP contribution in [0.4, 0.5) is 11.6 Å². The number of aromatic nitrogens is 2. The molecule has 0 bridgehead atoms. The molecule has 0 radical (unpaired) electrons. The maximum Gasteiger partial charge on any atom is 0.258 e. The van der Waals surface area contributed by atoms with Gasteiger partial charge in [-0.15, -0.1) is 0 Å². The van der Waals surface area contributed by atoms with E-state index in [1.54, 1.807) is 0 Å². The number of carbonyl (C=O) groups excluding carboxylic acids is 1. The zero-order valence-electron chi connectivity index (χ0n) is 15.8. The molecule has 1 aromatic carbocycles. The monoisotopic (exact) mass is 388 g/mol. The van der Waals surface area contributed by atoms with E-state index in [4.69, 9.17) is 0 Å². The highest BCUT2D eigenvalue weighted by Crippen LogP contribution is 2.21. The zero-order chi connectivity index (χ0) is 19.6. The van der Waals surface area contributed by atoms with Crippen LogP contribution in [0.2, 0.25) is 0 Å². The van der Waals surface area contributed by atoms with Gasteiger partial charge in [0, 0.05) is 30.7 Å². The second-order valence-electron chi connectivity index (χ2n) is 6.87. The molecule has 1 aliphatic rings. The van der Waals surface area contributed by atoms with E-state index in [0.717, 1.165) is 16.8 Å². The number of amides is 1. The first kappa shape index (κ1) is 19.3. The summed E-state index contributed by atoms with van der Waals surface area (Å²) in [6.07, 6.45) is 3.53. The molecule has 1 aromatic heterocycles. The molecule has 1 atom stereocenters. The topological polar surface area (TPSA) is 92.3 Å². The molecule has 2 heterocycles. The molecule has 8 heteroatoms. The Hall–Kier alpha value is -2.48. The summed E-state index contributed by atoms with van der Waals surface area (Å²) in [5.41, 5.74) is 3.34. The van der Waals surface area contributed by atoms with Gasteiger partial charge in [0.05, 0.1) is 17.1 Å². The largest absolute Gasteiger partial charge is 0.337 e. The van der Waals surface area contributed by atoms with Crippen molar-refractivity contribution in [3.8, 4) is 0 Å². The molecular weight excluding hydrogens is 364 g/mol. The van der Waals surface area contributed by atoms with Gasteiger partial charge in [-0.2, -0.15) is 0 Å². The summed E-state index contributed by atoms with van der Waals surface area (Å²) >= 11 is 0. The lowest BCUT2D eigenvalue weighted by Gasteiger charge is -2.26. The maximum absolute atomic E-state index is 12.4. The second kappa shape index (κ2) is 7.64. The lowest BCUT2D eigenvalue weighted by atomic mass is 10.1. The Morgan fingerprint density at radius 1 is 1.22 bits per heavy atom. The van der Waals surface area contributed by atoms with Crippen LogP contribution in [0, 0.1) is 13.8 Å². The van der Waals surface area contributed by atoms with E-state index < -0.39 is 9.84 Å². The van der Waals surface area contributed by atoms with Crippen LogP contribution in [0.15, 0.2) is 30.6 Å². The molecule has 3 rings (SSSR count). The number of hydrogen-bond acceptors (Lipinski definition) is 6. The van der Waals surface area contributed by atoms with Gasteiger partial charge in [0.15, 0.2) is 9.84 Å². The van der Waals surface area contributed by atoms with Crippen molar-refractivity contribution in [1.82, 2.24) is 9.97 Å². The normalized spacial score (nSPS) is 18.3. The Morgan fingerprint density at radius 3 is 2.48 bits per heavy atom. The molecule has 1 unspecified atom stereocenters. The third-order valence-electron chi connectivity index (χ3n) is 4.91. The van der Waals surface area contributed by atoms with Crippen molar-refractivity contribution in [2.75, 3.05) is 28.3 Å². The lowest BCUT2D eigenvalue weighted by Crippen LogP contribution is -2.37. The average molecular weight is 388 g/mol. The fraction of sp³-hybridized carbons (Fsp3) is 0.421. The van der Waals surface area contributed by atoms with Crippen molar-refractivity contribution in [1.29, 1.82) is 0 Å². The third-order valence-corrected chi connectivity index (χ3v) is 6.66. The van der Waals surface area contributed by atoms with Crippen molar-refractivity contribution < 1.29 is 13.2 Å². The van der Waals surface area contributed by atoms with Crippen molar-refractivity contribution in [3.63, 3.8) is 0 Å². The van der Waals surface area contributed by atoms with Crippen LogP contribution in [0.25, 0.3) is 0 Å². The minimum absolute atomic E-state index is 0.116. The molecule has 0 spiro atoms. The molecule has 1 fully saturated rings. The van der Waals surface area contributed by atoms with Crippen LogP contribution in [-0.2, 0) is 9.84 Å². The fourth-order valence-electron chi connectivity index (χ4n) is 3.19. The van der Waals surface area contributed by atoms with Gasteiger partial charge >= 0.3 is 0 Å². The average Bonchev–Trinajstić information content (AvgIpc) is 2.99. The van der Waals surface area contributed by atoms with Crippen LogP contribution in [-0.4, -0.2) is 48.4 Å². The van der Waals surface area contributed by atoms with Crippen LogP contribution in [0.3, 0.4) is 0 Å². The molecular formula is C19H24N4O3S. The van der Waals surface area contributed by atoms with Gasteiger partial charge in [-0.3, -0.25) is 4.79 Å². The Morgan fingerprint density at radius 2 is 1.93 bits per heavy atom. The first-order valence-electron chi connectivity index (χ1n) is 8.97. The second-order valence-corrected chi connectivity index (χ2v) is 9.10. The van der Waals surface area contributed by atoms with E-state index in [9.17, 15) is 13.2 Å². The van der Waals surface area contributed by atoms with Crippen molar-refractivity contribution in [3.05, 3.63) is 47.3 Å². The number of carbonyl (C=O) groups is 1. The third kappa shape index (κ3) is 4.44. The van der Waals surface area contributed by atoms with E-state index >= 15 is 0 Å². The summed E-state index contributed by atoms with van der Waals surface area (Å²) in [5, 5.41) is 2.84. The number of aryl methyl sites for hydroxylation is 2. The standard InChI is InChI=1S/C19H24N4O3S/c1-4-23(17-7-8-27(25,26)12-17)19-20-10-15(11-21-19)18(24)22-16-6-5-13(2)14(3)9-16/h5-6,9-11,17H,4,7-8,12H2,1-3H3,(H,22,24). The molecule has 7 nitrogen and oxygen atoms in total. The number of nitrogens with zero attached hydrogens (tertiary/aromatic N) is 3. The molecule has 1 saturated heterocycles. The molecule has 0 saturated carbocycles. The quantitative estimate of drug-likeness (QED) is 0.845. The Balaban J connectivity index is 1.72. The molecule has 1 aliphatic heterocycles. The van der Waals surface area contributed by atoms with Crippen molar-refractivity contribution in [2.24, 2.45) is 0 Å². The van der Waals surface area contributed by atoms with Gasteiger partial charge in [-0.05, 0) is 50.5 Å². The van der Waals surface area contributed by atoms with E-state index in [1.807, 2.05) is 43.9 Å². The molecule has 0 aliphatic carbocycles. The molecule has 1 N–H and O–H groups in total. The van der Waals surface area contributed by atoms with E-state index in [0.29, 0.717) is 24.5 Å². The summed E-state index contributed by atoms with van der Waals surface area (Å²) in [6, 6.07) is 5.62. The van der Waals surface area contributed by atoms with Gasteiger partial charge < -0.3 is 10.2 Å². The Kier molecular flexibility index (Phi) is 5.46. The van der Waals surface area contributed by atoms with E-state index in [-0.39, 0.29) is 23.5 Å². The number of nitrogens with one attached hydrogen (secondary N) is 1. The number of anilines is 2. The number of sulfone groups is 1. The van der Waals surface area contributed by atoms with Gasteiger partial charge in [0.2, 0.25) is 5.95 Å². The van der Waals surface area contributed by atoms with Gasteiger partial charge in [-0.25, -0.2) is 18.4 Å². The highest BCUT2D eigenvalue weighted by molar-refractivity contribution is 7.91. The number of hydrogen-bond donors (Lipinski definition) is 1. The lowest BCUT2D eigenvalue weighted by molar-refractivity contribution is 0.102. The minimum Gasteiger partial charge on any atom is -0.337 e. The smallest absolute Gasteiger partial charge is 0.258 e. The highest BCUT2D eigenvalue weighted by atomic mass is 32.2. The van der Waals surface area contributed by atoms with Crippen LogP contribution >= 0.6 is 0 Å². The predicted octanol–water partition coefficient (Wildman–Crippen LogP) is 2.36. The zero-order valence-corrected chi connectivity index (χ0v) is 16.6. The number of benzene rings is 1. The summed E-state index contributed by atoms with van der Waals surface area (Å²) in [5.74, 6) is 0.489. The van der Waals surface area contributed by atoms with Crippen LogP contribution in [0.1, 0.15) is 34.8 Å². The predicted molar refractivity (Wildman–Crippen MR) is 106 cm³/mol. The first-order valence-corrected chi connectivity index (χ1v) is 10.8. The van der Waals surface area contributed by atoms with E-state index in [1.165, 1.54) is 12.4 Å². The highest BCUT2D eigenvalue weighted by Gasteiger charge is 2.32. The summed E-state index contributed by atoms with van der Waals surface area (Å²) in [6.45, 7) is 6.55. The summed E-state index contributed by atoms with van der Waals surface area (Å²) in [7, 11) is -2.98. The maximum atomic E-state index is 12.4. The molecule has 144 valence electrons. The Labute approximate surface area is 159 Å². The van der Waals surface area contributed by atoms with Gasteiger partial charge in [0.1, 0.15) is 0 Å². The number of rotatable bonds is 5. The Bertz CT molecular complexity index is 942. The van der Waals surface area contributed by atoms with Crippen molar-refractivity contribution >= 4 is 27.4 Å². The van der Waals surface area contributed by atoms with E-state index in [2.05, 4.69) is 15.3 Å². The van der Waals surface area contributed by atoms with Crippen LogP contribution < -0.4 is 10.2 Å². The molecule has 2 aromatic rings. The van der Waals surface area contributed by atoms with Crippen molar-refractivity contribution in [2.45, 2.75) is 33.2 Å². The molecule has 1 amide bonds. The first-order chi connectivity index (χ1) is 12.8. The summed E-state index contributed by atoms with van der Waals surface area (Å²) in [4.78, 5) is 22.9. The fourth-order valence-corrected chi connectivity index (χ4v) is 4.92. The van der Waals surface area contributed by atoms with Crippen LogP contribution in [0.5, 0.6) is 0 Å². The SMILES string of the molecule is CCN(c1ncc(C(=O)Nc2ccc(C)c(C)c2)cn1)C1CCS(=O)(=O)C1. The van der Waals surface area contributed by atoms with Gasteiger partial charge in [0.25, 0.3) is 5.91 Å². The van der Waals surface area contributed by atoms with Gasteiger partial charge in [-0.1, -0.05) is 6.07 Å². The summed E-state index contributed by atoms with van der Waals surface area (Å²) < 4.78 is 23.5.